The predicted octanol–water partition coefficient (Wildman–Crippen LogP) is 4.68. The lowest BCUT2D eigenvalue weighted by Gasteiger charge is -2.12. The molecular weight excluding hydrogens is 368 g/mol. The molecule has 0 saturated heterocycles. The molecule has 0 fully saturated rings. The first-order valence-corrected chi connectivity index (χ1v) is 9.10. The summed E-state index contributed by atoms with van der Waals surface area (Å²) in [5.74, 6) is 1.06. The van der Waals surface area contributed by atoms with E-state index < -0.39 is 0 Å². The monoisotopic (exact) mass is 382 g/mol. The van der Waals surface area contributed by atoms with Crippen LogP contribution in [0.5, 0.6) is 0 Å². The number of nitrogens with one attached hydrogen (secondary N) is 2. The van der Waals surface area contributed by atoms with E-state index in [9.17, 15) is 0 Å². The Morgan fingerprint density at radius 2 is 1.77 bits per heavy atom. The first kappa shape index (κ1) is 16.6. The van der Waals surface area contributed by atoms with Crippen molar-refractivity contribution in [2.75, 3.05) is 16.4 Å². The van der Waals surface area contributed by atoms with Gasteiger partial charge >= 0.3 is 0 Å². The minimum Gasteiger partial charge on any atom is -0.393 e. The molecule has 0 atom stereocenters. The number of rotatable bonds is 5. The first-order chi connectivity index (χ1) is 12.7. The van der Waals surface area contributed by atoms with E-state index in [1.165, 1.54) is 6.33 Å². The van der Waals surface area contributed by atoms with Crippen LogP contribution in [-0.2, 0) is 6.54 Å². The summed E-state index contributed by atoms with van der Waals surface area (Å²) in [6, 6.07) is 15.6. The van der Waals surface area contributed by atoms with Crippen molar-refractivity contribution in [2.45, 2.75) is 6.54 Å². The number of nitrogens with two attached hydrogens (primary N) is 1. The molecule has 4 aromatic rings. The maximum atomic E-state index is 6.22. The SMILES string of the molecule is Nc1c(NCc2ccccc2Cl)ncnc1Nc1nc2ccccc2s1. The van der Waals surface area contributed by atoms with E-state index in [0.29, 0.717) is 28.9 Å². The molecule has 0 amide bonds. The number of aromatic nitrogens is 3. The van der Waals surface area contributed by atoms with Gasteiger partial charge in [0.1, 0.15) is 12.0 Å². The summed E-state index contributed by atoms with van der Waals surface area (Å²) in [4.78, 5) is 13.0. The Morgan fingerprint density at radius 1 is 1.00 bits per heavy atom. The number of nitrogens with zero attached hydrogens (tertiary/aromatic N) is 3. The van der Waals surface area contributed by atoms with Gasteiger partial charge in [-0.2, -0.15) is 0 Å². The number of benzene rings is 2. The topological polar surface area (TPSA) is 88.8 Å². The highest BCUT2D eigenvalue weighted by atomic mass is 35.5. The van der Waals surface area contributed by atoms with Gasteiger partial charge in [-0.3, -0.25) is 0 Å². The molecule has 0 spiro atoms. The Balaban J connectivity index is 1.54. The molecule has 0 bridgehead atoms. The summed E-state index contributed by atoms with van der Waals surface area (Å²) >= 11 is 7.73. The van der Waals surface area contributed by atoms with Gasteiger partial charge < -0.3 is 16.4 Å². The molecule has 0 aliphatic carbocycles. The number of thiazole rings is 1. The van der Waals surface area contributed by atoms with Crippen molar-refractivity contribution in [3.8, 4) is 0 Å². The van der Waals surface area contributed by atoms with Crippen molar-refractivity contribution in [3.05, 3.63) is 65.4 Å². The lowest BCUT2D eigenvalue weighted by molar-refractivity contribution is 1.09. The van der Waals surface area contributed by atoms with Crippen LogP contribution in [0, 0.1) is 0 Å². The van der Waals surface area contributed by atoms with Crippen molar-refractivity contribution >= 4 is 55.6 Å². The fourth-order valence-corrected chi connectivity index (χ4v) is 3.55. The van der Waals surface area contributed by atoms with Gasteiger partial charge in [0.2, 0.25) is 0 Å². The minimum atomic E-state index is 0.429. The van der Waals surface area contributed by atoms with E-state index in [-0.39, 0.29) is 0 Å². The quantitative estimate of drug-likeness (QED) is 0.464. The summed E-state index contributed by atoms with van der Waals surface area (Å²) in [5, 5.41) is 7.81. The van der Waals surface area contributed by atoms with Crippen molar-refractivity contribution in [3.63, 3.8) is 0 Å². The second-order valence-electron chi connectivity index (χ2n) is 5.54. The van der Waals surface area contributed by atoms with Crippen LogP contribution in [0.2, 0.25) is 5.02 Å². The van der Waals surface area contributed by atoms with E-state index in [1.54, 1.807) is 11.3 Å². The van der Waals surface area contributed by atoms with E-state index in [2.05, 4.69) is 25.6 Å². The molecule has 2 aromatic heterocycles. The number of hydrogen-bond acceptors (Lipinski definition) is 7. The highest BCUT2D eigenvalue weighted by molar-refractivity contribution is 7.22. The third-order valence-corrected chi connectivity index (χ3v) is 5.13. The number of anilines is 4. The van der Waals surface area contributed by atoms with Crippen LogP contribution < -0.4 is 16.4 Å². The summed E-state index contributed by atoms with van der Waals surface area (Å²) in [6.45, 7) is 0.515. The summed E-state index contributed by atoms with van der Waals surface area (Å²) < 4.78 is 1.10. The van der Waals surface area contributed by atoms with Crippen LogP contribution >= 0.6 is 22.9 Å². The first-order valence-electron chi connectivity index (χ1n) is 7.91. The fourth-order valence-electron chi connectivity index (χ4n) is 2.48. The molecule has 2 heterocycles. The standard InChI is InChI=1S/C18H15ClN6S/c19-12-6-2-1-5-11(12)9-21-16-15(20)17(23-10-22-16)25-18-24-13-7-3-4-8-14(13)26-18/h1-8,10H,9,20H2,(H2,21,22,23,24,25). The smallest absolute Gasteiger partial charge is 0.189 e. The van der Waals surface area contributed by atoms with Gasteiger partial charge in [-0.25, -0.2) is 15.0 Å². The van der Waals surface area contributed by atoms with Gasteiger partial charge in [0.15, 0.2) is 16.8 Å². The van der Waals surface area contributed by atoms with Gasteiger partial charge in [-0.05, 0) is 23.8 Å². The second kappa shape index (κ2) is 7.15. The molecule has 4 rings (SSSR count). The number of fused-ring (bicyclic) bond motifs is 1. The van der Waals surface area contributed by atoms with Crippen LogP contribution in [0.4, 0.5) is 22.5 Å². The van der Waals surface area contributed by atoms with Crippen LogP contribution in [0.1, 0.15) is 5.56 Å². The number of para-hydroxylation sites is 1. The molecule has 4 N–H and O–H groups in total. The molecule has 8 heteroatoms. The van der Waals surface area contributed by atoms with Crippen molar-refractivity contribution in [2.24, 2.45) is 0 Å². The molecule has 0 aliphatic rings. The maximum Gasteiger partial charge on any atom is 0.189 e. The summed E-state index contributed by atoms with van der Waals surface area (Å²) in [7, 11) is 0. The normalized spacial score (nSPS) is 10.8. The third-order valence-electron chi connectivity index (χ3n) is 3.81. The van der Waals surface area contributed by atoms with Gasteiger partial charge in [0, 0.05) is 11.6 Å². The van der Waals surface area contributed by atoms with E-state index in [4.69, 9.17) is 17.3 Å². The molecule has 0 unspecified atom stereocenters. The van der Waals surface area contributed by atoms with Crippen LogP contribution in [0.15, 0.2) is 54.9 Å². The summed E-state index contributed by atoms with van der Waals surface area (Å²) in [6.07, 6.45) is 1.46. The van der Waals surface area contributed by atoms with E-state index in [0.717, 1.165) is 20.9 Å². The highest BCUT2D eigenvalue weighted by Gasteiger charge is 2.11. The van der Waals surface area contributed by atoms with E-state index in [1.807, 2.05) is 48.5 Å². The Labute approximate surface area is 159 Å². The Morgan fingerprint density at radius 3 is 2.62 bits per heavy atom. The lowest BCUT2D eigenvalue weighted by Crippen LogP contribution is -2.08. The molecular formula is C18H15ClN6S. The van der Waals surface area contributed by atoms with Gasteiger partial charge in [-0.15, -0.1) is 0 Å². The Hall–Kier alpha value is -2.90. The molecule has 26 heavy (non-hydrogen) atoms. The summed E-state index contributed by atoms with van der Waals surface area (Å²) in [5.41, 5.74) is 8.55. The van der Waals surface area contributed by atoms with Gasteiger partial charge in [0.05, 0.1) is 10.2 Å². The zero-order chi connectivity index (χ0) is 17.9. The molecule has 2 aromatic carbocycles. The molecule has 0 saturated carbocycles. The average Bonchev–Trinajstić information content (AvgIpc) is 3.06. The Kier molecular flexibility index (Phi) is 4.55. The van der Waals surface area contributed by atoms with Crippen LogP contribution in [0.3, 0.4) is 0 Å². The maximum absolute atomic E-state index is 6.22. The fraction of sp³-hybridized carbons (Fsp3) is 0.0556. The highest BCUT2D eigenvalue weighted by Crippen LogP contribution is 2.31. The van der Waals surface area contributed by atoms with Crippen LogP contribution in [-0.4, -0.2) is 15.0 Å². The molecule has 0 aliphatic heterocycles. The van der Waals surface area contributed by atoms with Crippen molar-refractivity contribution < 1.29 is 0 Å². The average molecular weight is 383 g/mol. The van der Waals surface area contributed by atoms with Crippen LogP contribution in [0.25, 0.3) is 10.2 Å². The lowest BCUT2D eigenvalue weighted by atomic mass is 10.2. The number of halogens is 1. The largest absolute Gasteiger partial charge is 0.393 e. The zero-order valence-corrected chi connectivity index (χ0v) is 15.2. The Bertz CT molecular complexity index is 1030. The van der Waals surface area contributed by atoms with E-state index >= 15 is 0 Å². The second-order valence-corrected chi connectivity index (χ2v) is 6.98. The predicted molar refractivity (Wildman–Crippen MR) is 108 cm³/mol. The van der Waals surface area contributed by atoms with Crippen molar-refractivity contribution in [1.82, 2.24) is 15.0 Å². The van der Waals surface area contributed by atoms with Gasteiger partial charge in [-0.1, -0.05) is 53.3 Å². The van der Waals surface area contributed by atoms with Gasteiger partial charge in [0.25, 0.3) is 0 Å². The number of nitrogen functional groups attached to an aromatic ring is 1. The molecule has 0 radical (unpaired) electrons. The minimum absolute atomic E-state index is 0.429. The molecule has 6 nitrogen and oxygen atoms in total. The number of hydrogen-bond donors (Lipinski definition) is 3. The molecule has 130 valence electrons. The zero-order valence-electron chi connectivity index (χ0n) is 13.6. The third kappa shape index (κ3) is 3.40. The van der Waals surface area contributed by atoms with Crippen molar-refractivity contribution in [1.29, 1.82) is 0 Å².